The molecule has 0 bridgehead atoms. The summed E-state index contributed by atoms with van der Waals surface area (Å²) >= 11 is 0. The quantitative estimate of drug-likeness (QED) is 0.443. The standard InChI is InChI=1S/C25H23NO2Si/c27-24-16-17-25(28)26(24)29(18-21-10-4-1-5-11-21,19-22-12-6-2-7-13-22)20-23-14-8-3-9-15-23/h1-17H,18-20H2. The molecule has 4 heteroatoms. The van der Waals surface area contributed by atoms with Gasteiger partial charge in [-0.05, 0) is 34.8 Å². The van der Waals surface area contributed by atoms with Gasteiger partial charge in [-0.15, -0.1) is 0 Å². The summed E-state index contributed by atoms with van der Waals surface area (Å²) in [6, 6.07) is 32.9. The van der Waals surface area contributed by atoms with Crippen LogP contribution in [0.5, 0.6) is 0 Å². The van der Waals surface area contributed by atoms with Crippen molar-refractivity contribution in [2.45, 2.75) is 18.1 Å². The molecule has 1 heterocycles. The molecular formula is C25H23NO2Si. The van der Waals surface area contributed by atoms with Crippen LogP contribution in [-0.2, 0) is 27.7 Å². The molecule has 0 saturated carbocycles. The van der Waals surface area contributed by atoms with Gasteiger partial charge in [-0.25, -0.2) is 0 Å². The maximum atomic E-state index is 12.9. The van der Waals surface area contributed by atoms with E-state index >= 15 is 0 Å². The van der Waals surface area contributed by atoms with Crippen molar-refractivity contribution in [3.8, 4) is 0 Å². The fourth-order valence-corrected chi connectivity index (χ4v) is 9.14. The van der Waals surface area contributed by atoms with Gasteiger partial charge in [-0.1, -0.05) is 91.0 Å². The van der Waals surface area contributed by atoms with Gasteiger partial charge in [0, 0.05) is 12.2 Å². The smallest absolute Gasteiger partial charge is 0.245 e. The topological polar surface area (TPSA) is 37.4 Å². The summed E-state index contributed by atoms with van der Waals surface area (Å²) in [6.45, 7) is 0. The van der Waals surface area contributed by atoms with Crippen molar-refractivity contribution in [3.63, 3.8) is 0 Å². The number of amides is 2. The molecule has 1 aliphatic rings. The zero-order chi connectivity index (χ0) is 20.1. The fourth-order valence-electron chi connectivity index (χ4n) is 4.22. The van der Waals surface area contributed by atoms with E-state index in [-0.39, 0.29) is 11.8 Å². The Bertz CT molecular complexity index is 897. The van der Waals surface area contributed by atoms with Crippen LogP contribution in [0.15, 0.2) is 103 Å². The molecule has 1 aliphatic heterocycles. The van der Waals surface area contributed by atoms with Gasteiger partial charge in [0.25, 0.3) is 0 Å². The molecule has 29 heavy (non-hydrogen) atoms. The second-order valence-electron chi connectivity index (χ2n) is 7.56. The first kappa shape index (κ1) is 19.1. The van der Waals surface area contributed by atoms with Crippen LogP contribution < -0.4 is 0 Å². The Morgan fingerprint density at radius 1 is 0.517 bits per heavy atom. The Kier molecular flexibility index (Phi) is 5.54. The third kappa shape index (κ3) is 4.28. The van der Waals surface area contributed by atoms with Crippen molar-refractivity contribution in [1.29, 1.82) is 0 Å². The first-order valence-electron chi connectivity index (χ1n) is 9.84. The molecule has 0 N–H and O–H groups in total. The van der Waals surface area contributed by atoms with Gasteiger partial charge < -0.3 is 4.57 Å². The van der Waals surface area contributed by atoms with Gasteiger partial charge >= 0.3 is 0 Å². The average molecular weight is 398 g/mol. The van der Waals surface area contributed by atoms with Crippen molar-refractivity contribution in [2.75, 3.05) is 0 Å². The summed E-state index contributed by atoms with van der Waals surface area (Å²) in [6.07, 6.45) is 2.84. The molecule has 3 aromatic rings. The lowest BCUT2D eigenvalue weighted by atomic mass is 10.2. The van der Waals surface area contributed by atoms with Crippen molar-refractivity contribution < 1.29 is 9.59 Å². The molecule has 0 radical (unpaired) electrons. The van der Waals surface area contributed by atoms with Gasteiger partial charge in [-0.2, -0.15) is 0 Å². The highest BCUT2D eigenvalue weighted by Gasteiger charge is 2.47. The highest BCUT2D eigenvalue weighted by Crippen LogP contribution is 2.28. The van der Waals surface area contributed by atoms with E-state index in [2.05, 4.69) is 36.4 Å². The molecule has 0 saturated heterocycles. The molecule has 0 unspecified atom stereocenters. The molecule has 0 aliphatic carbocycles. The Morgan fingerprint density at radius 3 is 1.14 bits per heavy atom. The van der Waals surface area contributed by atoms with E-state index in [4.69, 9.17) is 0 Å². The van der Waals surface area contributed by atoms with Crippen molar-refractivity contribution in [1.82, 2.24) is 4.57 Å². The van der Waals surface area contributed by atoms with Crippen LogP contribution >= 0.6 is 0 Å². The molecule has 0 atom stereocenters. The summed E-state index contributed by atoms with van der Waals surface area (Å²) in [4.78, 5) is 25.7. The van der Waals surface area contributed by atoms with Crippen LogP contribution in [0.25, 0.3) is 0 Å². The SMILES string of the molecule is O=C1C=CC(=O)N1[Si](Cc1ccccc1)(Cc1ccccc1)Cc1ccccc1. The number of carbonyl (C=O) groups is 2. The summed E-state index contributed by atoms with van der Waals surface area (Å²) < 4.78 is 1.61. The molecule has 144 valence electrons. The largest absolute Gasteiger partial charge is 0.303 e. The van der Waals surface area contributed by atoms with Crippen LogP contribution in [0, 0.1) is 0 Å². The van der Waals surface area contributed by atoms with E-state index in [9.17, 15) is 9.59 Å². The van der Waals surface area contributed by atoms with E-state index < -0.39 is 8.24 Å². The van der Waals surface area contributed by atoms with Crippen LogP contribution in [0.1, 0.15) is 16.7 Å². The molecule has 3 aromatic carbocycles. The minimum Gasteiger partial charge on any atom is -0.303 e. The number of imide groups is 1. The molecule has 2 amide bonds. The van der Waals surface area contributed by atoms with Gasteiger partial charge in [0.15, 0.2) is 8.24 Å². The van der Waals surface area contributed by atoms with Crippen molar-refractivity contribution in [2.24, 2.45) is 0 Å². The normalized spacial score (nSPS) is 13.9. The summed E-state index contributed by atoms with van der Waals surface area (Å²) in [7, 11) is -2.64. The zero-order valence-electron chi connectivity index (χ0n) is 16.2. The zero-order valence-corrected chi connectivity index (χ0v) is 17.2. The number of hydrogen-bond acceptors (Lipinski definition) is 2. The minimum absolute atomic E-state index is 0.176. The first-order valence-corrected chi connectivity index (χ1v) is 12.4. The van der Waals surface area contributed by atoms with Crippen molar-refractivity contribution >= 4 is 20.0 Å². The molecule has 4 rings (SSSR count). The maximum absolute atomic E-state index is 12.9. The van der Waals surface area contributed by atoms with Gasteiger partial charge in [0.1, 0.15) is 0 Å². The fraction of sp³-hybridized carbons (Fsp3) is 0.120. The Hall–Kier alpha value is -3.24. The highest BCUT2D eigenvalue weighted by atomic mass is 28.3. The minimum atomic E-state index is -2.64. The van der Waals surface area contributed by atoms with Crippen molar-refractivity contribution in [3.05, 3.63) is 120 Å². The molecule has 0 fully saturated rings. The Morgan fingerprint density at radius 2 is 0.828 bits per heavy atom. The second kappa shape index (κ2) is 8.41. The molecular weight excluding hydrogens is 374 g/mol. The lowest BCUT2D eigenvalue weighted by molar-refractivity contribution is -0.131. The molecule has 0 spiro atoms. The lowest BCUT2D eigenvalue weighted by Gasteiger charge is -2.39. The highest BCUT2D eigenvalue weighted by molar-refractivity contribution is 6.80. The van der Waals surface area contributed by atoms with E-state index in [0.29, 0.717) is 0 Å². The van der Waals surface area contributed by atoms with Crippen LogP contribution in [0.3, 0.4) is 0 Å². The molecule has 3 nitrogen and oxygen atoms in total. The number of rotatable bonds is 7. The summed E-state index contributed by atoms with van der Waals surface area (Å²) in [5.41, 5.74) is 3.50. The van der Waals surface area contributed by atoms with Gasteiger partial charge in [0.05, 0.1) is 0 Å². The molecule has 0 aromatic heterocycles. The third-order valence-corrected chi connectivity index (χ3v) is 10.0. The number of hydrogen-bond donors (Lipinski definition) is 0. The Balaban J connectivity index is 1.83. The predicted molar refractivity (Wildman–Crippen MR) is 117 cm³/mol. The number of carbonyl (C=O) groups excluding carboxylic acids is 2. The number of benzene rings is 3. The predicted octanol–water partition coefficient (Wildman–Crippen LogP) is 4.20. The van der Waals surface area contributed by atoms with Gasteiger partial charge in [0.2, 0.25) is 11.8 Å². The first-order chi connectivity index (χ1) is 14.2. The van der Waals surface area contributed by atoms with Crippen LogP contribution in [0.2, 0.25) is 0 Å². The van der Waals surface area contributed by atoms with E-state index in [0.717, 1.165) is 18.1 Å². The number of nitrogens with zero attached hydrogens (tertiary/aromatic N) is 1. The van der Waals surface area contributed by atoms with Crippen LogP contribution in [0.4, 0.5) is 0 Å². The maximum Gasteiger partial charge on any atom is 0.245 e. The van der Waals surface area contributed by atoms with E-state index in [1.807, 2.05) is 54.6 Å². The Labute approximate surface area is 172 Å². The second-order valence-corrected chi connectivity index (χ2v) is 11.5. The van der Waals surface area contributed by atoms with Gasteiger partial charge in [-0.3, -0.25) is 9.59 Å². The monoisotopic (exact) mass is 397 g/mol. The van der Waals surface area contributed by atoms with Crippen LogP contribution in [-0.4, -0.2) is 24.6 Å². The third-order valence-electron chi connectivity index (χ3n) is 5.41. The lowest BCUT2D eigenvalue weighted by Crippen LogP contribution is -2.62. The summed E-state index contributed by atoms with van der Waals surface area (Å²) in [5.74, 6) is -0.353. The van der Waals surface area contributed by atoms with E-state index in [1.165, 1.54) is 28.8 Å². The average Bonchev–Trinajstić information content (AvgIpc) is 3.09. The van der Waals surface area contributed by atoms with E-state index in [1.54, 1.807) is 4.57 Å². The summed E-state index contributed by atoms with van der Waals surface area (Å²) in [5, 5.41) is 0.